The molecule has 0 fully saturated rings. The second kappa shape index (κ2) is 49.0. The van der Waals surface area contributed by atoms with Crippen molar-refractivity contribution in [2.45, 2.75) is 277 Å². The fourth-order valence-corrected chi connectivity index (χ4v) is 16.6. The third kappa shape index (κ3) is 28.9. The van der Waals surface area contributed by atoms with E-state index in [1.54, 1.807) is 31.1 Å². The molecule has 9 N–H and O–H groups in total. The number of hydrogen-bond acceptors (Lipinski definition) is 17. The number of imidazole rings is 1. The molecule has 22 nitrogen and oxygen atoms in total. The minimum Gasteiger partial charge on any atom is -0.355 e. The molecule has 9 unspecified atom stereocenters. The van der Waals surface area contributed by atoms with E-state index in [2.05, 4.69) is 179 Å². The lowest BCUT2D eigenvalue weighted by atomic mass is 9.91. The topological polar surface area (TPSA) is 287 Å². The molecule has 4 aliphatic rings. The van der Waals surface area contributed by atoms with Crippen LogP contribution in [0.3, 0.4) is 0 Å². The Balaban J connectivity index is 0.000000168. The van der Waals surface area contributed by atoms with E-state index in [0.717, 1.165) is 223 Å². The lowest BCUT2D eigenvalue weighted by molar-refractivity contribution is -0.125. The number of carbonyl (C=O) groups is 4. The predicted molar refractivity (Wildman–Crippen MR) is 467 cm³/mol. The summed E-state index contributed by atoms with van der Waals surface area (Å²) in [6.45, 7) is 22.5. The van der Waals surface area contributed by atoms with E-state index < -0.39 is 0 Å². The lowest BCUT2D eigenvalue weighted by Crippen LogP contribution is -2.47. The number of aromatic nitrogens is 9. The predicted octanol–water partition coefficient (Wildman–Crippen LogP) is 15.6. The molecule has 0 saturated heterocycles. The Labute approximate surface area is 696 Å². The monoisotopic (exact) mass is 1590 g/mol. The van der Waals surface area contributed by atoms with Crippen molar-refractivity contribution in [2.75, 3.05) is 26.2 Å². The van der Waals surface area contributed by atoms with E-state index >= 15 is 0 Å². The molecule has 0 radical (unpaired) electrons. The lowest BCUT2D eigenvalue weighted by Gasteiger charge is -2.31. The molecule has 0 saturated carbocycles. The Kier molecular flexibility index (Phi) is 37.6. The number of rotatable bonds is 38. The molecule has 1 aromatic carbocycles. The van der Waals surface area contributed by atoms with E-state index in [1.807, 2.05) is 104 Å². The summed E-state index contributed by atoms with van der Waals surface area (Å²) in [6.07, 6.45) is 44.4. The summed E-state index contributed by atoms with van der Waals surface area (Å²) in [4.78, 5) is 93.2. The Morgan fingerprint density at radius 1 is 0.444 bits per heavy atom. The van der Waals surface area contributed by atoms with Crippen molar-refractivity contribution in [1.82, 2.24) is 92.3 Å². The number of nitrogens with zero attached hydrogens (tertiary/aromatic N) is 9. The number of aryl methyl sites for hydroxylation is 4. The van der Waals surface area contributed by atoms with Crippen LogP contribution in [0.25, 0.3) is 10.8 Å². The van der Waals surface area contributed by atoms with Crippen molar-refractivity contribution in [3.05, 3.63) is 239 Å². The van der Waals surface area contributed by atoms with E-state index in [9.17, 15) is 19.2 Å². The summed E-state index contributed by atoms with van der Waals surface area (Å²) >= 11 is 0. The van der Waals surface area contributed by atoms with E-state index in [0.29, 0.717) is 37.9 Å². The molecule has 4 amide bonds. The number of benzene rings is 1. The van der Waals surface area contributed by atoms with Gasteiger partial charge in [0.05, 0.1) is 95.7 Å². The average molecular weight is 1590 g/mol. The highest BCUT2D eigenvalue weighted by molar-refractivity contribution is 5.87. The van der Waals surface area contributed by atoms with Crippen LogP contribution in [0.4, 0.5) is 0 Å². The third-order valence-electron chi connectivity index (χ3n) is 22.5. The Morgan fingerprint density at radius 3 is 1.40 bits per heavy atom. The molecule has 0 bridgehead atoms. The van der Waals surface area contributed by atoms with Crippen molar-refractivity contribution < 1.29 is 19.2 Å². The first-order valence-electron chi connectivity index (χ1n) is 43.9. The van der Waals surface area contributed by atoms with E-state index in [4.69, 9.17) is 4.98 Å². The van der Waals surface area contributed by atoms with Gasteiger partial charge in [-0.15, -0.1) is 0 Å². The van der Waals surface area contributed by atoms with Gasteiger partial charge in [-0.2, -0.15) is 0 Å². The van der Waals surface area contributed by atoms with Gasteiger partial charge in [0.2, 0.25) is 23.6 Å². The van der Waals surface area contributed by atoms with Gasteiger partial charge in [-0.05, 0) is 210 Å². The van der Waals surface area contributed by atoms with Gasteiger partial charge in [0, 0.05) is 111 Å². The molecule has 8 heterocycles. The minimum atomic E-state index is -0.296. The van der Waals surface area contributed by atoms with E-state index in [-0.39, 0.29) is 78.0 Å². The summed E-state index contributed by atoms with van der Waals surface area (Å²) < 4.78 is 0. The summed E-state index contributed by atoms with van der Waals surface area (Å²) in [5, 5.41) is 29.2. The quantitative estimate of drug-likeness (QED) is 0.0163. The molecule has 4 aliphatic carbocycles. The van der Waals surface area contributed by atoms with Gasteiger partial charge < -0.3 is 31.2 Å². The fourth-order valence-electron chi connectivity index (χ4n) is 16.6. The van der Waals surface area contributed by atoms with Crippen molar-refractivity contribution in [1.29, 1.82) is 0 Å². The SMILES string of the molecule is CC(C)CN(CCCC(NC1CCCc2cccnc21)C(=O)NC(C)c1cncc2ccccc12)CC(C)C.CCCCCC(NC1CCCc2cccnc21)C(=O)NCc1ccccn1.CCCCCC(NC1CCCc2cccnc21)C(=O)NCc1cccnc1.CCCNC(=O)C(Cc1cnc[nH]1)NC1CCCc2cccnc21. The molecule has 9 atom stereocenters. The fraction of sp³-hybridized carbons (Fsp3) is 0.516. The van der Waals surface area contributed by atoms with Crippen molar-refractivity contribution in [3.8, 4) is 0 Å². The number of H-pyrrole nitrogens is 1. The molecule has 13 rings (SSSR count). The number of carbonyl (C=O) groups excluding carboxylic acids is 4. The van der Waals surface area contributed by atoms with Crippen LogP contribution in [0.1, 0.15) is 275 Å². The molecular weight excluding hydrogens is 1460 g/mol. The highest BCUT2D eigenvalue weighted by Crippen LogP contribution is 2.34. The Morgan fingerprint density at radius 2 is 0.923 bits per heavy atom. The van der Waals surface area contributed by atoms with Crippen LogP contribution in [0.15, 0.2) is 171 Å². The number of amides is 4. The van der Waals surface area contributed by atoms with Gasteiger partial charge in [-0.25, -0.2) is 4.98 Å². The first kappa shape index (κ1) is 89.8. The van der Waals surface area contributed by atoms with Crippen LogP contribution in [0.2, 0.25) is 0 Å². The second-order valence-electron chi connectivity index (χ2n) is 32.9. The summed E-state index contributed by atoms with van der Waals surface area (Å²) in [5.41, 5.74) is 13.5. The summed E-state index contributed by atoms with van der Waals surface area (Å²) in [6, 6.07) is 33.9. The normalized spacial score (nSPS) is 17.3. The highest BCUT2D eigenvalue weighted by atomic mass is 16.2. The van der Waals surface area contributed by atoms with Crippen molar-refractivity contribution in [2.24, 2.45) is 11.8 Å². The van der Waals surface area contributed by atoms with Gasteiger partial charge in [-0.1, -0.05) is 148 Å². The zero-order valence-electron chi connectivity index (χ0n) is 70.9. The molecule has 22 heteroatoms. The van der Waals surface area contributed by atoms with Crippen molar-refractivity contribution in [3.63, 3.8) is 0 Å². The van der Waals surface area contributed by atoms with Gasteiger partial charge >= 0.3 is 0 Å². The number of unbranched alkanes of at least 4 members (excludes halogenated alkanes) is 4. The number of nitrogens with one attached hydrogen (secondary N) is 9. The van der Waals surface area contributed by atoms with Gasteiger partial charge in [-0.3, -0.25) is 75.3 Å². The van der Waals surface area contributed by atoms with Crippen LogP contribution in [0, 0.1) is 11.8 Å². The smallest absolute Gasteiger partial charge is 0.237 e. The van der Waals surface area contributed by atoms with Crippen molar-refractivity contribution >= 4 is 34.4 Å². The molecule has 0 spiro atoms. The zero-order chi connectivity index (χ0) is 82.4. The van der Waals surface area contributed by atoms with Crippen LogP contribution in [-0.2, 0) is 64.4 Å². The summed E-state index contributed by atoms with van der Waals surface area (Å²) in [5.74, 6) is 1.46. The van der Waals surface area contributed by atoms with Crippen LogP contribution in [0.5, 0.6) is 0 Å². The average Bonchev–Trinajstić information content (AvgIpc) is 1.49. The highest BCUT2D eigenvalue weighted by Gasteiger charge is 2.33. The number of pyridine rings is 7. The molecule has 117 heavy (non-hydrogen) atoms. The largest absolute Gasteiger partial charge is 0.355 e. The van der Waals surface area contributed by atoms with Crippen LogP contribution in [-0.4, -0.2) is 124 Å². The van der Waals surface area contributed by atoms with Gasteiger partial charge in [0.15, 0.2) is 0 Å². The first-order chi connectivity index (χ1) is 57.1. The Bertz CT molecular complexity index is 4260. The van der Waals surface area contributed by atoms with Crippen LogP contribution >= 0.6 is 0 Å². The summed E-state index contributed by atoms with van der Waals surface area (Å²) in [7, 11) is 0. The zero-order valence-corrected chi connectivity index (χ0v) is 70.9. The third-order valence-corrected chi connectivity index (χ3v) is 22.5. The maximum Gasteiger partial charge on any atom is 0.237 e. The first-order valence-corrected chi connectivity index (χ1v) is 43.9. The molecular formula is C95H132N18O4. The molecule has 0 aliphatic heterocycles. The van der Waals surface area contributed by atoms with Crippen LogP contribution < -0.4 is 42.5 Å². The number of hydrogen-bond donors (Lipinski definition) is 9. The van der Waals surface area contributed by atoms with Gasteiger partial charge in [0.1, 0.15) is 0 Å². The molecule has 9 aromatic rings. The number of fused-ring (bicyclic) bond motifs is 5. The second-order valence-corrected chi connectivity index (χ2v) is 32.9. The maximum absolute atomic E-state index is 13.9. The standard InChI is InChI=1S/C33H47N5O.2C22H30N4O.C18H25N5O/c1-23(2)21-38(22-24(3)4)18-10-16-31(37-30-15-8-12-26-13-9-17-35-32(26)30)33(39)36-25(5)29-20-34-19-27-11-6-7-14-28(27)29;1-2-3-4-11-20(22(27)25-16-17-8-6-13-23-15-17)26-19-12-5-9-18-10-7-14-24-21(18)19;1-2-3-4-12-20(22(27)25-16-18-11-5-6-14-23-18)26-19-13-7-9-17-10-8-15-24-21(17)19;1-2-8-21-18(24)16(10-14-11-19-12-22-14)23-15-7-3-5-13-6-4-9-20-17(13)15/h6-7,9,11,13-14,17,19-20,23-25,30-31,37H,8,10,12,15-16,18,21-22H2,1-5H3,(H,36,39);6-8,10,13-15,19-20,26H,2-5,9,11-12,16H2,1H3,(H,25,27);5-6,8,10-11,14-15,19-20,26H,2-4,7,9,12-13,16H2,1H3,(H,25,27);4,6,9,11-12,15-16,23H,2-3,5,7-8,10H2,1H3,(H,19,22)(H,21,24). The maximum atomic E-state index is 13.9. The molecule has 8 aromatic heterocycles. The minimum absolute atomic E-state index is 0.0366. The molecule has 626 valence electrons. The van der Waals surface area contributed by atoms with E-state index in [1.165, 1.54) is 22.3 Å². The number of aromatic amines is 1. The Hall–Kier alpha value is -9.58. The van der Waals surface area contributed by atoms with Gasteiger partial charge in [0.25, 0.3) is 0 Å².